The van der Waals surface area contributed by atoms with Crippen LogP contribution in [0.15, 0.2) is 60.0 Å². The Morgan fingerprint density at radius 2 is 1.83 bits per heavy atom. The van der Waals surface area contributed by atoms with Crippen LogP contribution in [0.4, 0.5) is 5.69 Å². The zero-order valence-electron chi connectivity index (χ0n) is 13.3. The van der Waals surface area contributed by atoms with Crippen LogP contribution in [0.3, 0.4) is 0 Å². The van der Waals surface area contributed by atoms with Crippen LogP contribution in [0, 0.1) is 0 Å². The number of ether oxygens (including phenoxy) is 1. The van der Waals surface area contributed by atoms with Gasteiger partial charge in [0.2, 0.25) is 5.91 Å². The number of carbonyl (C=O) groups excluding carboxylic acids is 1. The summed E-state index contributed by atoms with van der Waals surface area (Å²) in [4.78, 5) is 13.5. The third kappa shape index (κ3) is 2.59. The van der Waals surface area contributed by atoms with E-state index in [-0.39, 0.29) is 11.8 Å². The monoisotopic (exact) mass is 335 g/mol. The molecule has 0 fully saturated rings. The smallest absolute Gasteiger partial charge is 0.225 e. The minimum Gasteiger partial charge on any atom is -0.497 e. The second kappa shape index (κ2) is 6.13. The Labute approximate surface area is 144 Å². The number of rotatable bonds is 3. The van der Waals surface area contributed by atoms with Gasteiger partial charge in [0.25, 0.3) is 0 Å². The Hall–Kier alpha value is -2.59. The third-order valence-electron chi connectivity index (χ3n) is 4.39. The number of nitrogens with one attached hydrogen (secondary N) is 1. The van der Waals surface area contributed by atoms with Crippen LogP contribution >= 0.6 is 11.3 Å². The SMILES string of the molecule is COc1ccc(C2CC(=O)Nc3c(-c4ccccc4)csc32)cc1. The number of fused-ring (bicyclic) bond motifs is 1. The van der Waals surface area contributed by atoms with Gasteiger partial charge in [0, 0.05) is 28.2 Å². The van der Waals surface area contributed by atoms with Crippen LogP contribution in [-0.4, -0.2) is 13.0 Å². The van der Waals surface area contributed by atoms with Crippen molar-refractivity contribution in [2.24, 2.45) is 0 Å². The van der Waals surface area contributed by atoms with Gasteiger partial charge >= 0.3 is 0 Å². The molecule has 24 heavy (non-hydrogen) atoms. The molecule has 2 aromatic carbocycles. The molecule has 4 heteroatoms. The van der Waals surface area contributed by atoms with Crippen molar-refractivity contribution in [2.75, 3.05) is 12.4 Å². The van der Waals surface area contributed by atoms with E-state index in [4.69, 9.17) is 4.74 Å². The van der Waals surface area contributed by atoms with E-state index in [1.54, 1.807) is 18.4 Å². The summed E-state index contributed by atoms with van der Waals surface area (Å²) in [6, 6.07) is 18.2. The minimum absolute atomic E-state index is 0.0684. The van der Waals surface area contributed by atoms with Crippen molar-refractivity contribution >= 4 is 22.9 Å². The minimum atomic E-state index is 0.0684. The lowest BCUT2D eigenvalue weighted by Gasteiger charge is -2.24. The first-order valence-electron chi connectivity index (χ1n) is 7.87. The molecule has 0 aliphatic carbocycles. The van der Waals surface area contributed by atoms with E-state index in [0.717, 1.165) is 28.1 Å². The van der Waals surface area contributed by atoms with Gasteiger partial charge in [0.15, 0.2) is 0 Å². The van der Waals surface area contributed by atoms with Crippen molar-refractivity contribution in [3.05, 3.63) is 70.4 Å². The van der Waals surface area contributed by atoms with Gasteiger partial charge in [-0.1, -0.05) is 42.5 Å². The van der Waals surface area contributed by atoms with Crippen molar-refractivity contribution < 1.29 is 9.53 Å². The van der Waals surface area contributed by atoms with E-state index >= 15 is 0 Å². The van der Waals surface area contributed by atoms with Gasteiger partial charge in [0.05, 0.1) is 12.8 Å². The Kier molecular flexibility index (Phi) is 3.82. The quantitative estimate of drug-likeness (QED) is 0.739. The predicted molar refractivity (Wildman–Crippen MR) is 97.8 cm³/mol. The summed E-state index contributed by atoms with van der Waals surface area (Å²) in [5.74, 6) is 0.997. The molecule has 1 aliphatic heterocycles. The lowest BCUT2D eigenvalue weighted by Crippen LogP contribution is -2.22. The zero-order chi connectivity index (χ0) is 16.5. The second-order valence-electron chi connectivity index (χ2n) is 5.83. The Balaban J connectivity index is 1.78. The summed E-state index contributed by atoms with van der Waals surface area (Å²) >= 11 is 1.72. The molecule has 0 spiro atoms. The van der Waals surface area contributed by atoms with Crippen LogP contribution < -0.4 is 10.1 Å². The van der Waals surface area contributed by atoms with Crippen LogP contribution in [0.2, 0.25) is 0 Å². The maximum absolute atomic E-state index is 12.3. The highest BCUT2D eigenvalue weighted by molar-refractivity contribution is 7.11. The van der Waals surface area contributed by atoms with E-state index in [0.29, 0.717) is 6.42 Å². The summed E-state index contributed by atoms with van der Waals surface area (Å²) in [6.45, 7) is 0. The van der Waals surface area contributed by atoms with E-state index in [9.17, 15) is 4.79 Å². The van der Waals surface area contributed by atoms with Gasteiger partial charge in [-0.15, -0.1) is 11.3 Å². The number of anilines is 1. The molecule has 0 saturated carbocycles. The van der Waals surface area contributed by atoms with Gasteiger partial charge in [-0.3, -0.25) is 4.79 Å². The number of carbonyl (C=O) groups is 1. The van der Waals surface area contributed by atoms with Crippen LogP contribution in [-0.2, 0) is 4.79 Å². The van der Waals surface area contributed by atoms with E-state index in [2.05, 4.69) is 22.8 Å². The maximum Gasteiger partial charge on any atom is 0.225 e. The van der Waals surface area contributed by atoms with Crippen LogP contribution in [0.5, 0.6) is 5.75 Å². The highest BCUT2D eigenvalue weighted by Gasteiger charge is 2.30. The predicted octanol–water partition coefficient (Wildman–Crippen LogP) is 4.90. The summed E-state index contributed by atoms with van der Waals surface area (Å²) in [5, 5.41) is 5.22. The topological polar surface area (TPSA) is 38.3 Å². The Morgan fingerprint density at radius 1 is 1.08 bits per heavy atom. The van der Waals surface area contributed by atoms with Gasteiger partial charge in [-0.25, -0.2) is 0 Å². The molecule has 2 heterocycles. The molecule has 3 aromatic rings. The molecule has 0 radical (unpaired) electrons. The molecule has 0 bridgehead atoms. The molecule has 0 saturated heterocycles. The highest BCUT2D eigenvalue weighted by Crippen LogP contribution is 2.46. The zero-order valence-corrected chi connectivity index (χ0v) is 14.1. The summed E-state index contributed by atoms with van der Waals surface area (Å²) in [6.07, 6.45) is 0.480. The van der Waals surface area contributed by atoms with Crippen molar-refractivity contribution in [3.63, 3.8) is 0 Å². The number of hydrogen-bond donors (Lipinski definition) is 1. The highest BCUT2D eigenvalue weighted by atomic mass is 32.1. The molecular weight excluding hydrogens is 318 g/mol. The average Bonchev–Trinajstić information content (AvgIpc) is 3.05. The maximum atomic E-state index is 12.3. The van der Waals surface area contributed by atoms with Crippen molar-refractivity contribution in [1.29, 1.82) is 0 Å². The number of thiophene rings is 1. The molecule has 1 aliphatic rings. The van der Waals surface area contributed by atoms with E-state index in [1.807, 2.05) is 42.5 Å². The molecule has 1 aromatic heterocycles. The summed E-state index contributed by atoms with van der Waals surface area (Å²) < 4.78 is 5.23. The molecule has 4 rings (SSSR count). The molecule has 1 amide bonds. The van der Waals surface area contributed by atoms with Gasteiger partial charge in [-0.05, 0) is 23.3 Å². The van der Waals surface area contributed by atoms with Gasteiger partial charge in [0.1, 0.15) is 5.75 Å². The van der Waals surface area contributed by atoms with E-state index in [1.165, 1.54) is 4.88 Å². The first kappa shape index (κ1) is 15.0. The first-order valence-corrected chi connectivity index (χ1v) is 8.75. The lowest BCUT2D eigenvalue weighted by molar-refractivity contribution is -0.116. The Morgan fingerprint density at radius 3 is 2.54 bits per heavy atom. The molecular formula is C20H17NO2S. The standard InChI is InChI=1S/C20H17NO2S/c1-23-15-9-7-14(8-10-15)16-11-18(22)21-19-17(12-24-20(16)19)13-5-3-2-4-6-13/h2-10,12,16H,11H2,1H3,(H,21,22). The van der Waals surface area contributed by atoms with Crippen molar-refractivity contribution in [3.8, 4) is 16.9 Å². The van der Waals surface area contributed by atoms with Gasteiger partial charge in [-0.2, -0.15) is 0 Å². The molecule has 1 unspecified atom stereocenters. The van der Waals surface area contributed by atoms with E-state index < -0.39 is 0 Å². The largest absolute Gasteiger partial charge is 0.497 e. The molecule has 1 N–H and O–H groups in total. The fourth-order valence-electron chi connectivity index (χ4n) is 3.16. The number of amides is 1. The number of hydrogen-bond acceptors (Lipinski definition) is 3. The Bertz CT molecular complexity index is 868. The normalized spacial score (nSPS) is 16.4. The molecule has 3 nitrogen and oxygen atoms in total. The average molecular weight is 335 g/mol. The van der Waals surface area contributed by atoms with Gasteiger partial charge < -0.3 is 10.1 Å². The van der Waals surface area contributed by atoms with Crippen LogP contribution in [0.25, 0.3) is 11.1 Å². The first-order chi connectivity index (χ1) is 11.8. The second-order valence-corrected chi connectivity index (χ2v) is 6.74. The lowest BCUT2D eigenvalue weighted by atomic mass is 9.89. The number of methoxy groups -OCH3 is 1. The molecule has 120 valence electrons. The van der Waals surface area contributed by atoms with Crippen molar-refractivity contribution in [1.82, 2.24) is 0 Å². The third-order valence-corrected chi connectivity index (χ3v) is 5.49. The molecule has 1 atom stereocenters. The van der Waals surface area contributed by atoms with Crippen LogP contribution in [0.1, 0.15) is 22.8 Å². The fourth-order valence-corrected chi connectivity index (χ4v) is 4.32. The van der Waals surface area contributed by atoms with Crippen molar-refractivity contribution in [2.45, 2.75) is 12.3 Å². The fraction of sp³-hybridized carbons (Fsp3) is 0.150. The number of benzene rings is 2. The summed E-state index contributed by atoms with van der Waals surface area (Å²) in [5.41, 5.74) is 4.34. The summed E-state index contributed by atoms with van der Waals surface area (Å²) in [7, 11) is 1.66.